The molecule has 0 aromatic carbocycles. The first-order valence-electron chi connectivity index (χ1n) is 11.3. The molecular weight excluding hydrogens is 484 g/mol. The van der Waals surface area contributed by atoms with Crippen molar-refractivity contribution in [2.75, 3.05) is 13.7 Å². The molecule has 10 atom stereocenters. The summed E-state index contributed by atoms with van der Waals surface area (Å²) < 4.78 is 32.6. The molecule has 1 saturated heterocycles. The van der Waals surface area contributed by atoms with Crippen LogP contribution in [0.5, 0.6) is 0 Å². The molecule has 3 heterocycles. The molecule has 4 rings (SSSR count). The Morgan fingerprint density at radius 3 is 2.53 bits per heavy atom. The fraction of sp³-hybridized carbons (Fsp3) is 0.609. The number of ether oxygens (including phenoxy) is 6. The Labute approximate surface area is 205 Å². The van der Waals surface area contributed by atoms with Crippen LogP contribution in [0.1, 0.15) is 13.8 Å². The molecular formula is C23H28O13. The van der Waals surface area contributed by atoms with Gasteiger partial charge in [-0.3, -0.25) is 4.79 Å². The second-order valence-electron chi connectivity index (χ2n) is 8.91. The van der Waals surface area contributed by atoms with Gasteiger partial charge in [0, 0.05) is 12.8 Å². The first-order valence-corrected chi connectivity index (χ1v) is 11.3. The minimum atomic E-state index is -1.72. The second-order valence-corrected chi connectivity index (χ2v) is 8.91. The molecule has 0 bridgehead atoms. The monoisotopic (exact) mass is 512 g/mol. The number of fused-ring (bicyclic) bond motifs is 2. The summed E-state index contributed by atoms with van der Waals surface area (Å²) in [5.74, 6) is -3.71. The zero-order valence-electron chi connectivity index (χ0n) is 19.7. The predicted octanol–water partition coefficient (Wildman–Crippen LogP) is -1.81. The minimum Gasteiger partial charge on any atom is -0.471 e. The molecule has 13 heteroatoms. The summed E-state index contributed by atoms with van der Waals surface area (Å²) >= 11 is 0. The normalized spacial score (nSPS) is 40.0. The van der Waals surface area contributed by atoms with E-state index in [1.165, 1.54) is 27.0 Å². The fourth-order valence-corrected chi connectivity index (χ4v) is 4.87. The molecule has 13 nitrogen and oxygen atoms in total. The average Bonchev–Trinajstić information content (AvgIpc) is 3.38. The number of allylic oxidation sites excluding steroid dienone is 1. The molecule has 1 fully saturated rings. The Morgan fingerprint density at radius 1 is 1.17 bits per heavy atom. The SMILES string of the molecule is COC(=O)C1=COC(OC2OC(CO)C(O)C(O)C2O)C2C1C=CC21C=C(C(C)OC(C)=O)C(=O)O1. The van der Waals surface area contributed by atoms with Gasteiger partial charge in [-0.1, -0.05) is 6.08 Å². The lowest BCUT2D eigenvalue weighted by molar-refractivity contribution is -0.344. The molecule has 1 spiro atoms. The van der Waals surface area contributed by atoms with Gasteiger partial charge in [0.1, 0.15) is 30.5 Å². The molecule has 0 saturated carbocycles. The van der Waals surface area contributed by atoms with E-state index in [0.717, 1.165) is 6.26 Å². The molecule has 0 radical (unpaired) electrons. The van der Waals surface area contributed by atoms with Crippen LogP contribution in [0.4, 0.5) is 0 Å². The third-order valence-corrected chi connectivity index (χ3v) is 6.66. The number of carbonyl (C=O) groups excluding carboxylic acids is 3. The fourth-order valence-electron chi connectivity index (χ4n) is 4.87. The van der Waals surface area contributed by atoms with Crippen molar-refractivity contribution in [1.82, 2.24) is 0 Å². The third kappa shape index (κ3) is 4.42. The summed E-state index contributed by atoms with van der Waals surface area (Å²) in [5.41, 5.74) is -1.32. The van der Waals surface area contributed by atoms with Gasteiger partial charge in [0.15, 0.2) is 11.9 Å². The van der Waals surface area contributed by atoms with Crippen molar-refractivity contribution < 1.29 is 63.2 Å². The molecule has 0 aromatic heterocycles. The topological polar surface area (TPSA) is 188 Å². The van der Waals surface area contributed by atoms with Gasteiger partial charge < -0.3 is 48.8 Å². The van der Waals surface area contributed by atoms with E-state index in [0.29, 0.717) is 0 Å². The summed E-state index contributed by atoms with van der Waals surface area (Å²) in [4.78, 5) is 36.6. The molecule has 4 aliphatic rings. The number of aliphatic hydroxyl groups excluding tert-OH is 4. The molecule has 0 amide bonds. The van der Waals surface area contributed by atoms with Crippen molar-refractivity contribution in [2.24, 2.45) is 11.8 Å². The smallest absolute Gasteiger partial charge is 0.338 e. The number of rotatable bonds is 6. The minimum absolute atomic E-state index is 0.0660. The van der Waals surface area contributed by atoms with Crippen LogP contribution in [0.2, 0.25) is 0 Å². The molecule has 3 aliphatic heterocycles. The van der Waals surface area contributed by atoms with Crippen LogP contribution in [0.3, 0.4) is 0 Å². The number of hydrogen-bond donors (Lipinski definition) is 4. The lowest BCUT2D eigenvalue weighted by Crippen LogP contribution is -2.60. The number of methoxy groups -OCH3 is 1. The lowest BCUT2D eigenvalue weighted by Gasteiger charge is -2.44. The molecule has 10 unspecified atom stereocenters. The maximum absolute atomic E-state index is 12.8. The molecule has 198 valence electrons. The van der Waals surface area contributed by atoms with Gasteiger partial charge in [-0.15, -0.1) is 0 Å². The van der Waals surface area contributed by atoms with E-state index in [1.807, 2.05) is 0 Å². The number of esters is 3. The van der Waals surface area contributed by atoms with Crippen LogP contribution in [0.25, 0.3) is 0 Å². The largest absolute Gasteiger partial charge is 0.471 e. The van der Waals surface area contributed by atoms with E-state index in [-0.39, 0.29) is 11.1 Å². The first kappa shape index (κ1) is 26.3. The summed E-state index contributed by atoms with van der Waals surface area (Å²) in [6.45, 7) is 2.03. The van der Waals surface area contributed by atoms with Crippen LogP contribution >= 0.6 is 0 Å². The highest BCUT2D eigenvalue weighted by atomic mass is 16.8. The van der Waals surface area contributed by atoms with Crippen molar-refractivity contribution in [3.63, 3.8) is 0 Å². The predicted molar refractivity (Wildman–Crippen MR) is 114 cm³/mol. The van der Waals surface area contributed by atoms with Crippen LogP contribution in [0, 0.1) is 11.8 Å². The molecule has 0 aromatic rings. The summed E-state index contributed by atoms with van der Waals surface area (Å²) in [6.07, 6.45) is -4.31. The van der Waals surface area contributed by atoms with Crippen LogP contribution in [0.15, 0.2) is 35.6 Å². The first-order chi connectivity index (χ1) is 17.0. The van der Waals surface area contributed by atoms with Crippen LogP contribution < -0.4 is 0 Å². The van der Waals surface area contributed by atoms with Gasteiger partial charge >= 0.3 is 17.9 Å². The average molecular weight is 512 g/mol. The highest BCUT2D eigenvalue weighted by molar-refractivity contribution is 5.94. The van der Waals surface area contributed by atoms with Crippen molar-refractivity contribution in [3.05, 3.63) is 35.6 Å². The van der Waals surface area contributed by atoms with E-state index < -0.39 is 85.1 Å². The van der Waals surface area contributed by atoms with Crippen LogP contribution in [-0.2, 0) is 42.8 Å². The zero-order chi connectivity index (χ0) is 26.4. The van der Waals surface area contributed by atoms with Crippen molar-refractivity contribution in [3.8, 4) is 0 Å². The van der Waals surface area contributed by atoms with Gasteiger partial charge in [-0.2, -0.15) is 0 Å². The number of aliphatic hydroxyl groups is 4. The van der Waals surface area contributed by atoms with Gasteiger partial charge in [0.05, 0.1) is 37.0 Å². The van der Waals surface area contributed by atoms with E-state index in [2.05, 4.69) is 0 Å². The summed E-state index contributed by atoms with van der Waals surface area (Å²) in [5, 5.41) is 40.0. The van der Waals surface area contributed by atoms with Crippen molar-refractivity contribution >= 4 is 17.9 Å². The standard InChI is InChI=1S/C23H28O13/c1-9(33-10(2)25)12-6-23(36-20(12)30)5-4-11-13(19(29)31-3)8-32-21(15(11)23)35-22-18(28)17(27)16(26)14(7-24)34-22/h4-6,8-9,11,14-18,21-22,24,26-28H,7H2,1-3H3. The lowest BCUT2D eigenvalue weighted by atomic mass is 9.78. The zero-order valence-corrected chi connectivity index (χ0v) is 19.7. The number of carbonyl (C=O) groups is 3. The highest BCUT2D eigenvalue weighted by Gasteiger charge is 2.60. The molecule has 1 aliphatic carbocycles. The Morgan fingerprint density at radius 2 is 1.89 bits per heavy atom. The third-order valence-electron chi connectivity index (χ3n) is 6.66. The Hall–Kier alpha value is -2.81. The highest BCUT2D eigenvalue weighted by Crippen LogP contribution is 2.51. The summed E-state index contributed by atoms with van der Waals surface area (Å²) in [7, 11) is 1.19. The van der Waals surface area contributed by atoms with Crippen molar-refractivity contribution in [2.45, 2.75) is 62.5 Å². The quantitative estimate of drug-likeness (QED) is 0.177. The Bertz CT molecular complexity index is 1000. The summed E-state index contributed by atoms with van der Waals surface area (Å²) in [6, 6.07) is 0. The molecule has 36 heavy (non-hydrogen) atoms. The van der Waals surface area contributed by atoms with E-state index in [1.54, 1.807) is 12.2 Å². The van der Waals surface area contributed by atoms with E-state index in [4.69, 9.17) is 28.4 Å². The molecule has 4 N–H and O–H groups in total. The van der Waals surface area contributed by atoms with Gasteiger partial charge in [-0.25, -0.2) is 9.59 Å². The van der Waals surface area contributed by atoms with Gasteiger partial charge in [0.25, 0.3) is 0 Å². The Balaban J connectivity index is 1.68. The second kappa shape index (κ2) is 9.92. The van der Waals surface area contributed by atoms with Gasteiger partial charge in [-0.05, 0) is 19.1 Å². The van der Waals surface area contributed by atoms with Crippen molar-refractivity contribution in [1.29, 1.82) is 0 Å². The maximum atomic E-state index is 12.8. The van der Waals surface area contributed by atoms with Crippen LogP contribution in [-0.4, -0.2) is 101 Å². The Kier molecular flexibility index (Phi) is 7.23. The maximum Gasteiger partial charge on any atom is 0.338 e. The number of hydrogen-bond acceptors (Lipinski definition) is 13. The van der Waals surface area contributed by atoms with E-state index >= 15 is 0 Å². The van der Waals surface area contributed by atoms with E-state index in [9.17, 15) is 34.8 Å². The van der Waals surface area contributed by atoms with Gasteiger partial charge in [0.2, 0.25) is 6.29 Å².